The Morgan fingerprint density at radius 2 is 2.12 bits per heavy atom. The Hall–Kier alpha value is -1.10. The van der Waals surface area contributed by atoms with Gasteiger partial charge in [0.2, 0.25) is 11.8 Å². The van der Waals surface area contributed by atoms with E-state index in [0.717, 1.165) is 26.2 Å². The maximum absolute atomic E-state index is 12.1. The second-order valence-corrected chi connectivity index (χ2v) is 4.41. The molecule has 5 nitrogen and oxygen atoms in total. The quantitative estimate of drug-likeness (QED) is 0.675. The molecule has 0 spiro atoms. The lowest BCUT2D eigenvalue weighted by Gasteiger charge is -2.29. The smallest absolute Gasteiger partial charge is 0.228 e. The Kier molecular flexibility index (Phi) is 3.43. The molecule has 0 radical (unpaired) electrons. The highest BCUT2D eigenvalue weighted by molar-refractivity contribution is 5.89. The Morgan fingerprint density at radius 3 is 2.69 bits per heavy atom. The number of hydrogen-bond donors (Lipinski definition) is 1. The summed E-state index contributed by atoms with van der Waals surface area (Å²) in [5.74, 6) is 0.173. The summed E-state index contributed by atoms with van der Waals surface area (Å²) in [5.41, 5.74) is 0. The van der Waals surface area contributed by atoms with Crippen LogP contribution >= 0.6 is 0 Å². The summed E-state index contributed by atoms with van der Waals surface area (Å²) in [5, 5.41) is 3.22. The molecule has 2 heterocycles. The first-order valence-electron chi connectivity index (χ1n) is 5.99. The van der Waals surface area contributed by atoms with Crippen molar-refractivity contribution in [2.24, 2.45) is 5.92 Å². The summed E-state index contributed by atoms with van der Waals surface area (Å²) >= 11 is 0. The topological polar surface area (TPSA) is 52.7 Å². The molecule has 0 saturated carbocycles. The van der Waals surface area contributed by atoms with Crippen LogP contribution in [0.1, 0.15) is 13.3 Å². The van der Waals surface area contributed by atoms with Gasteiger partial charge < -0.3 is 15.1 Å². The number of nitrogens with zero attached hydrogens (tertiary/aromatic N) is 2. The number of likely N-dealkylation sites (tertiary alicyclic amines) is 1. The van der Waals surface area contributed by atoms with E-state index in [1.807, 2.05) is 11.8 Å². The average Bonchev–Trinajstić information content (AvgIpc) is 2.71. The fourth-order valence-corrected chi connectivity index (χ4v) is 2.39. The third-order valence-corrected chi connectivity index (χ3v) is 3.37. The molecule has 2 fully saturated rings. The molecule has 1 N–H and O–H groups in total. The first kappa shape index (κ1) is 11.4. The fraction of sp³-hybridized carbons (Fsp3) is 0.818. The monoisotopic (exact) mass is 225 g/mol. The lowest BCUT2D eigenvalue weighted by molar-refractivity contribution is -0.136. The van der Waals surface area contributed by atoms with Gasteiger partial charge in [0.15, 0.2) is 0 Å². The number of rotatable bonds is 2. The van der Waals surface area contributed by atoms with Crippen LogP contribution in [0.15, 0.2) is 0 Å². The number of piperazine rings is 1. The molecule has 5 heteroatoms. The van der Waals surface area contributed by atoms with Gasteiger partial charge in [-0.25, -0.2) is 0 Å². The van der Waals surface area contributed by atoms with Gasteiger partial charge in [-0.2, -0.15) is 0 Å². The number of amides is 2. The van der Waals surface area contributed by atoms with E-state index in [2.05, 4.69) is 5.32 Å². The molecule has 2 saturated heterocycles. The third kappa shape index (κ3) is 2.19. The first-order chi connectivity index (χ1) is 7.72. The summed E-state index contributed by atoms with van der Waals surface area (Å²) in [6, 6.07) is 0. The SMILES string of the molecule is CCN1CC(C(=O)N2CCNCC2)CC1=O. The van der Waals surface area contributed by atoms with Crippen LogP contribution in [0, 0.1) is 5.92 Å². The van der Waals surface area contributed by atoms with Gasteiger partial charge in [0.1, 0.15) is 0 Å². The number of carbonyl (C=O) groups is 2. The highest BCUT2D eigenvalue weighted by Gasteiger charge is 2.35. The Bertz CT molecular complexity index is 287. The van der Waals surface area contributed by atoms with Crippen LogP contribution in [0.2, 0.25) is 0 Å². The van der Waals surface area contributed by atoms with Gasteiger partial charge in [0, 0.05) is 45.7 Å². The van der Waals surface area contributed by atoms with E-state index >= 15 is 0 Å². The summed E-state index contributed by atoms with van der Waals surface area (Å²) in [6.07, 6.45) is 0.399. The predicted molar refractivity (Wildman–Crippen MR) is 59.8 cm³/mol. The van der Waals surface area contributed by atoms with Crippen molar-refractivity contribution in [3.05, 3.63) is 0 Å². The standard InChI is InChI=1S/C11H19N3O2/c1-2-13-8-9(7-10(13)15)11(16)14-5-3-12-4-6-14/h9,12H,2-8H2,1H3. The summed E-state index contributed by atoms with van der Waals surface area (Å²) < 4.78 is 0. The van der Waals surface area contributed by atoms with Crippen LogP contribution in [-0.4, -0.2) is 60.9 Å². The van der Waals surface area contributed by atoms with Crippen LogP contribution in [0.4, 0.5) is 0 Å². The molecule has 2 rings (SSSR count). The molecule has 0 bridgehead atoms. The zero-order chi connectivity index (χ0) is 11.5. The van der Waals surface area contributed by atoms with Crippen molar-refractivity contribution in [1.29, 1.82) is 0 Å². The maximum atomic E-state index is 12.1. The Labute approximate surface area is 95.8 Å². The molecule has 90 valence electrons. The van der Waals surface area contributed by atoms with E-state index in [4.69, 9.17) is 0 Å². The van der Waals surface area contributed by atoms with E-state index in [9.17, 15) is 9.59 Å². The Morgan fingerprint density at radius 1 is 1.44 bits per heavy atom. The van der Waals surface area contributed by atoms with E-state index in [-0.39, 0.29) is 17.7 Å². The molecule has 0 aromatic carbocycles. The van der Waals surface area contributed by atoms with Crippen molar-refractivity contribution in [3.8, 4) is 0 Å². The molecule has 1 atom stereocenters. The number of carbonyl (C=O) groups excluding carboxylic acids is 2. The molecular formula is C11H19N3O2. The zero-order valence-electron chi connectivity index (χ0n) is 9.74. The van der Waals surface area contributed by atoms with E-state index in [1.165, 1.54) is 0 Å². The van der Waals surface area contributed by atoms with Gasteiger partial charge in [-0.15, -0.1) is 0 Å². The van der Waals surface area contributed by atoms with Crippen molar-refractivity contribution in [2.45, 2.75) is 13.3 Å². The molecule has 2 aliphatic rings. The van der Waals surface area contributed by atoms with E-state index < -0.39 is 0 Å². The maximum Gasteiger partial charge on any atom is 0.228 e. The fourth-order valence-electron chi connectivity index (χ4n) is 2.39. The van der Waals surface area contributed by atoms with Crippen LogP contribution in [-0.2, 0) is 9.59 Å². The predicted octanol–water partition coefficient (Wildman–Crippen LogP) is -0.713. The van der Waals surface area contributed by atoms with Gasteiger partial charge in [0.25, 0.3) is 0 Å². The highest BCUT2D eigenvalue weighted by Crippen LogP contribution is 2.19. The molecule has 2 aliphatic heterocycles. The minimum atomic E-state index is -0.106. The molecular weight excluding hydrogens is 206 g/mol. The summed E-state index contributed by atoms with van der Waals surface area (Å²) in [7, 11) is 0. The van der Waals surface area contributed by atoms with Crippen LogP contribution in [0.25, 0.3) is 0 Å². The van der Waals surface area contributed by atoms with Gasteiger partial charge in [-0.05, 0) is 6.92 Å². The Balaban J connectivity index is 1.92. The van der Waals surface area contributed by atoms with Crippen molar-refractivity contribution in [3.63, 3.8) is 0 Å². The molecule has 16 heavy (non-hydrogen) atoms. The van der Waals surface area contributed by atoms with Gasteiger partial charge >= 0.3 is 0 Å². The molecule has 0 aliphatic carbocycles. The van der Waals surface area contributed by atoms with Crippen molar-refractivity contribution in [2.75, 3.05) is 39.3 Å². The first-order valence-corrected chi connectivity index (χ1v) is 5.99. The molecule has 0 aromatic rings. The van der Waals surface area contributed by atoms with E-state index in [0.29, 0.717) is 19.5 Å². The molecule has 2 amide bonds. The summed E-state index contributed by atoms with van der Waals surface area (Å²) in [4.78, 5) is 27.3. The van der Waals surface area contributed by atoms with Gasteiger partial charge in [-0.1, -0.05) is 0 Å². The normalized spacial score (nSPS) is 26.3. The molecule has 1 unspecified atom stereocenters. The number of nitrogens with one attached hydrogen (secondary N) is 1. The second-order valence-electron chi connectivity index (χ2n) is 4.41. The summed E-state index contributed by atoms with van der Waals surface area (Å²) in [6.45, 7) is 6.55. The second kappa shape index (κ2) is 4.82. The van der Waals surface area contributed by atoms with Crippen LogP contribution in [0.3, 0.4) is 0 Å². The van der Waals surface area contributed by atoms with Crippen molar-refractivity contribution >= 4 is 11.8 Å². The highest BCUT2D eigenvalue weighted by atomic mass is 16.2. The van der Waals surface area contributed by atoms with Crippen LogP contribution in [0.5, 0.6) is 0 Å². The minimum Gasteiger partial charge on any atom is -0.342 e. The zero-order valence-corrected chi connectivity index (χ0v) is 9.74. The lowest BCUT2D eigenvalue weighted by atomic mass is 10.1. The van der Waals surface area contributed by atoms with Crippen LogP contribution < -0.4 is 5.32 Å². The third-order valence-electron chi connectivity index (χ3n) is 3.37. The van der Waals surface area contributed by atoms with Crippen molar-refractivity contribution in [1.82, 2.24) is 15.1 Å². The largest absolute Gasteiger partial charge is 0.342 e. The lowest BCUT2D eigenvalue weighted by Crippen LogP contribution is -2.48. The van der Waals surface area contributed by atoms with Crippen molar-refractivity contribution < 1.29 is 9.59 Å². The van der Waals surface area contributed by atoms with Gasteiger partial charge in [-0.3, -0.25) is 9.59 Å². The minimum absolute atomic E-state index is 0.106. The van der Waals surface area contributed by atoms with E-state index in [1.54, 1.807) is 4.90 Å². The van der Waals surface area contributed by atoms with Gasteiger partial charge in [0.05, 0.1) is 5.92 Å². The number of hydrogen-bond acceptors (Lipinski definition) is 3. The molecule has 0 aromatic heterocycles. The average molecular weight is 225 g/mol.